The molecule has 0 aromatic heterocycles. The van der Waals surface area contributed by atoms with Crippen LogP contribution in [0.5, 0.6) is 5.75 Å². The summed E-state index contributed by atoms with van der Waals surface area (Å²) < 4.78 is 5.75. The zero-order chi connectivity index (χ0) is 12.6. The number of hydrogen-bond donors (Lipinski definition) is 2. The van der Waals surface area contributed by atoms with E-state index in [0.717, 1.165) is 23.3 Å². The summed E-state index contributed by atoms with van der Waals surface area (Å²) in [6.45, 7) is 4.07. The summed E-state index contributed by atoms with van der Waals surface area (Å²) in [5.74, 6) is -0.0790. The Morgan fingerprint density at radius 1 is 1.59 bits per heavy atom. The molecule has 0 saturated carbocycles. The van der Waals surface area contributed by atoms with Crippen molar-refractivity contribution < 1.29 is 14.6 Å². The zero-order valence-electron chi connectivity index (χ0n) is 10.1. The van der Waals surface area contributed by atoms with Crippen LogP contribution in [0.3, 0.4) is 0 Å². The maximum Gasteiger partial charge on any atom is 0.320 e. The summed E-state index contributed by atoms with van der Waals surface area (Å²) in [5.41, 5.74) is 7.42. The summed E-state index contributed by atoms with van der Waals surface area (Å²) in [7, 11) is 0. The third-order valence-corrected chi connectivity index (χ3v) is 2.90. The molecule has 0 saturated heterocycles. The van der Waals surface area contributed by atoms with E-state index in [1.54, 1.807) is 0 Å². The van der Waals surface area contributed by atoms with E-state index in [1.165, 1.54) is 0 Å². The molecule has 1 atom stereocenters. The number of hydrogen-bond acceptors (Lipinski definition) is 3. The minimum absolute atomic E-state index is 0.171. The number of ether oxygens (including phenoxy) is 1. The summed E-state index contributed by atoms with van der Waals surface area (Å²) in [6.07, 6.45) is 1.20. The van der Waals surface area contributed by atoms with Crippen molar-refractivity contribution in [2.24, 2.45) is 5.73 Å². The Morgan fingerprint density at radius 2 is 2.29 bits per heavy atom. The van der Waals surface area contributed by atoms with Gasteiger partial charge in [-0.15, -0.1) is 0 Å². The van der Waals surface area contributed by atoms with E-state index in [9.17, 15) is 4.79 Å². The van der Waals surface area contributed by atoms with Gasteiger partial charge in [-0.3, -0.25) is 4.79 Å². The SMILES string of the molecule is CC1(C)Cc2cc(CC(N)C(=O)O)ccc2O1. The lowest BCUT2D eigenvalue weighted by Crippen LogP contribution is -2.32. The molecule has 3 N–H and O–H groups in total. The molecule has 1 heterocycles. The Labute approximate surface area is 100 Å². The molecule has 0 bridgehead atoms. The molecule has 0 fully saturated rings. The van der Waals surface area contributed by atoms with Crippen LogP contribution in [-0.4, -0.2) is 22.7 Å². The van der Waals surface area contributed by atoms with Crippen LogP contribution in [0.25, 0.3) is 0 Å². The topological polar surface area (TPSA) is 72.6 Å². The van der Waals surface area contributed by atoms with E-state index in [2.05, 4.69) is 0 Å². The third-order valence-electron chi connectivity index (χ3n) is 2.90. The minimum Gasteiger partial charge on any atom is -0.487 e. The van der Waals surface area contributed by atoms with E-state index < -0.39 is 12.0 Å². The molecular weight excluding hydrogens is 218 g/mol. The van der Waals surface area contributed by atoms with Crippen molar-refractivity contribution in [2.45, 2.75) is 38.3 Å². The van der Waals surface area contributed by atoms with Crippen LogP contribution in [0.4, 0.5) is 0 Å². The van der Waals surface area contributed by atoms with E-state index in [-0.39, 0.29) is 5.60 Å². The van der Waals surface area contributed by atoms with Crippen molar-refractivity contribution in [2.75, 3.05) is 0 Å². The normalized spacial score (nSPS) is 18.3. The van der Waals surface area contributed by atoms with Gasteiger partial charge in [-0.1, -0.05) is 12.1 Å². The highest BCUT2D eigenvalue weighted by Gasteiger charge is 2.30. The fourth-order valence-electron chi connectivity index (χ4n) is 2.13. The van der Waals surface area contributed by atoms with Crippen molar-refractivity contribution in [1.82, 2.24) is 0 Å². The molecule has 0 radical (unpaired) electrons. The number of nitrogens with two attached hydrogens (primary N) is 1. The number of fused-ring (bicyclic) bond motifs is 1. The molecule has 1 aromatic carbocycles. The van der Waals surface area contributed by atoms with Gasteiger partial charge in [-0.25, -0.2) is 0 Å². The Balaban J connectivity index is 2.16. The summed E-state index contributed by atoms with van der Waals surface area (Å²) >= 11 is 0. The second-order valence-electron chi connectivity index (χ2n) is 5.13. The molecule has 0 aliphatic carbocycles. The minimum atomic E-state index is -0.970. The van der Waals surface area contributed by atoms with Crippen molar-refractivity contribution in [3.8, 4) is 5.75 Å². The Bertz CT molecular complexity index is 454. The molecule has 4 nitrogen and oxygen atoms in total. The van der Waals surface area contributed by atoms with Crippen LogP contribution in [0.1, 0.15) is 25.0 Å². The molecule has 0 amide bonds. The molecule has 1 unspecified atom stereocenters. The van der Waals surface area contributed by atoms with Crippen LogP contribution in [0.15, 0.2) is 18.2 Å². The van der Waals surface area contributed by atoms with Gasteiger partial charge in [0.2, 0.25) is 0 Å². The van der Waals surface area contributed by atoms with Crippen LogP contribution in [-0.2, 0) is 17.6 Å². The molecule has 2 rings (SSSR count). The van der Waals surface area contributed by atoms with Crippen LogP contribution in [0.2, 0.25) is 0 Å². The predicted octanol–water partition coefficient (Wildman–Crippen LogP) is 1.35. The number of aliphatic carboxylic acids is 1. The lowest BCUT2D eigenvalue weighted by atomic mass is 9.98. The quantitative estimate of drug-likeness (QED) is 0.829. The van der Waals surface area contributed by atoms with Crippen LogP contribution in [0, 0.1) is 0 Å². The van der Waals surface area contributed by atoms with Gasteiger partial charge in [0, 0.05) is 6.42 Å². The van der Waals surface area contributed by atoms with Crippen molar-refractivity contribution in [3.63, 3.8) is 0 Å². The van der Waals surface area contributed by atoms with E-state index in [4.69, 9.17) is 15.6 Å². The third kappa shape index (κ3) is 2.58. The van der Waals surface area contributed by atoms with Crippen molar-refractivity contribution >= 4 is 5.97 Å². The maximum absolute atomic E-state index is 10.7. The van der Waals surface area contributed by atoms with Gasteiger partial charge in [0.05, 0.1) is 0 Å². The average Bonchev–Trinajstić information content (AvgIpc) is 2.50. The first kappa shape index (κ1) is 11.9. The van der Waals surface area contributed by atoms with Gasteiger partial charge < -0.3 is 15.6 Å². The first-order valence-corrected chi connectivity index (χ1v) is 5.66. The van der Waals surface area contributed by atoms with Crippen molar-refractivity contribution in [3.05, 3.63) is 29.3 Å². The fourth-order valence-corrected chi connectivity index (χ4v) is 2.13. The summed E-state index contributed by atoms with van der Waals surface area (Å²) in [6, 6.07) is 4.92. The highest BCUT2D eigenvalue weighted by Crippen LogP contribution is 2.35. The monoisotopic (exact) mass is 235 g/mol. The standard InChI is InChI=1S/C13H17NO3/c1-13(2)7-9-5-8(3-4-11(9)17-13)6-10(14)12(15)16/h3-5,10H,6-7,14H2,1-2H3,(H,15,16). The molecule has 0 spiro atoms. The second kappa shape index (κ2) is 4.04. The first-order chi connectivity index (χ1) is 7.87. The average molecular weight is 235 g/mol. The number of carboxylic acids is 1. The molecule has 1 aliphatic rings. The van der Waals surface area contributed by atoms with Crippen LogP contribution >= 0.6 is 0 Å². The number of carbonyl (C=O) groups is 1. The van der Waals surface area contributed by atoms with Gasteiger partial charge in [-0.2, -0.15) is 0 Å². The Kier molecular flexibility index (Phi) is 2.83. The first-order valence-electron chi connectivity index (χ1n) is 5.66. The predicted molar refractivity (Wildman–Crippen MR) is 64.2 cm³/mol. The van der Waals surface area contributed by atoms with Crippen molar-refractivity contribution in [1.29, 1.82) is 0 Å². The summed E-state index contributed by atoms with van der Waals surface area (Å²) in [5, 5.41) is 8.77. The highest BCUT2D eigenvalue weighted by atomic mass is 16.5. The number of rotatable bonds is 3. The fraction of sp³-hybridized carbons (Fsp3) is 0.462. The van der Waals surface area contributed by atoms with Gasteiger partial charge in [0.25, 0.3) is 0 Å². The smallest absolute Gasteiger partial charge is 0.320 e. The largest absolute Gasteiger partial charge is 0.487 e. The number of benzene rings is 1. The lowest BCUT2D eigenvalue weighted by Gasteiger charge is -2.16. The molecule has 17 heavy (non-hydrogen) atoms. The Hall–Kier alpha value is -1.55. The number of carboxylic acid groups (broad SMARTS) is 1. The second-order valence-corrected chi connectivity index (χ2v) is 5.13. The van der Waals surface area contributed by atoms with E-state index >= 15 is 0 Å². The lowest BCUT2D eigenvalue weighted by molar-refractivity contribution is -0.138. The Morgan fingerprint density at radius 3 is 2.94 bits per heavy atom. The highest BCUT2D eigenvalue weighted by molar-refractivity contribution is 5.73. The molecule has 1 aliphatic heterocycles. The molecule has 1 aromatic rings. The van der Waals surface area contributed by atoms with Gasteiger partial charge in [-0.05, 0) is 37.5 Å². The van der Waals surface area contributed by atoms with Gasteiger partial charge in [0.1, 0.15) is 17.4 Å². The van der Waals surface area contributed by atoms with E-state index in [0.29, 0.717) is 6.42 Å². The van der Waals surface area contributed by atoms with E-state index in [1.807, 2.05) is 32.0 Å². The van der Waals surface area contributed by atoms with Crippen LogP contribution < -0.4 is 10.5 Å². The molecule has 4 heteroatoms. The molecule has 92 valence electrons. The van der Waals surface area contributed by atoms with Gasteiger partial charge in [0.15, 0.2) is 0 Å². The zero-order valence-corrected chi connectivity index (χ0v) is 10.1. The maximum atomic E-state index is 10.7. The molecular formula is C13H17NO3. The summed E-state index contributed by atoms with van der Waals surface area (Å²) in [4.78, 5) is 10.7. The van der Waals surface area contributed by atoms with Gasteiger partial charge >= 0.3 is 5.97 Å².